The molecule has 8 heteroatoms. The Morgan fingerprint density at radius 2 is 0.860 bits per heavy atom. The summed E-state index contributed by atoms with van der Waals surface area (Å²) in [4.78, 5) is 29.1. The van der Waals surface area contributed by atoms with Crippen LogP contribution < -0.4 is 10.6 Å². The quantitative estimate of drug-likeness (QED) is 0.147. The van der Waals surface area contributed by atoms with Crippen LogP contribution >= 0.6 is 0 Å². The topological polar surface area (TPSA) is 104 Å². The van der Waals surface area contributed by atoms with Gasteiger partial charge in [0.25, 0.3) is 11.8 Å². The minimum Gasteiger partial charge on any atom is -0.632 e. The van der Waals surface area contributed by atoms with Crippen LogP contribution in [0.3, 0.4) is 0 Å². The summed E-state index contributed by atoms with van der Waals surface area (Å²) in [6.07, 6.45) is 7.24. The van der Waals surface area contributed by atoms with Gasteiger partial charge in [-0.05, 0) is 94.6 Å². The Morgan fingerprint density at radius 3 is 1.14 bits per heavy atom. The lowest BCUT2D eigenvalue weighted by Gasteiger charge is -2.51. The van der Waals surface area contributed by atoms with Crippen molar-refractivity contribution in [1.29, 1.82) is 0 Å². The van der Waals surface area contributed by atoms with Crippen molar-refractivity contribution in [2.24, 2.45) is 11.8 Å². The fourth-order valence-electron chi connectivity index (χ4n) is 11.6. The zero-order valence-corrected chi connectivity index (χ0v) is 37.5. The van der Waals surface area contributed by atoms with Crippen molar-refractivity contribution in [2.45, 2.75) is 201 Å². The predicted octanol–water partition coefficient (Wildman–Crippen LogP) is 11.9. The molecule has 4 aliphatic rings. The van der Waals surface area contributed by atoms with E-state index in [0.717, 1.165) is 72.2 Å². The van der Waals surface area contributed by atoms with E-state index in [2.05, 4.69) is 118 Å². The van der Waals surface area contributed by atoms with Crippen molar-refractivity contribution in [3.05, 3.63) is 68.1 Å². The Kier molecular flexibility index (Phi) is 13.1. The highest BCUT2D eigenvalue weighted by molar-refractivity contribution is 5.97. The summed E-state index contributed by atoms with van der Waals surface area (Å²) in [5, 5.41) is 37.5. The lowest BCUT2D eigenvalue weighted by Crippen LogP contribution is -2.60. The standard InChI is InChI=1S/C49H76N4O4/c1-28(2)36-22-38(30(5)6)46(39(23-36)31(7)8)50-48(54)44-26-34-16-13-18-42(34)52(44,56)20-15-21-53(57)43-19-14-17-35(43)27-45(53)49(55)51-47-40(32(9)10)24-37(29(3)4)25-41(47)33(11)12/h22-25,28-35,42-45H,13-21,26-27H2,1-12H3,(H,50,54)(H,51,55)/t34-,35-,42-,43-,44-,45-,52?,53?/m0/s1. The molecule has 2 heterocycles. The number of fused-ring (bicyclic) bond motifs is 2. The molecule has 2 aromatic carbocycles. The minimum atomic E-state index is -0.708. The van der Waals surface area contributed by atoms with Gasteiger partial charge in [-0.15, -0.1) is 0 Å². The molecule has 8 nitrogen and oxygen atoms in total. The average Bonchev–Trinajstić information content (AvgIpc) is 3.91. The third-order valence-corrected chi connectivity index (χ3v) is 14.8. The molecule has 0 bridgehead atoms. The summed E-state index contributed by atoms with van der Waals surface area (Å²) in [7, 11) is 0. The molecule has 4 fully saturated rings. The summed E-state index contributed by atoms with van der Waals surface area (Å²) in [5.41, 5.74) is 8.78. The second-order valence-corrected chi connectivity index (χ2v) is 20.6. The van der Waals surface area contributed by atoms with Crippen LogP contribution in [0.2, 0.25) is 0 Å². The molecule has 316 valence electrons. The number of nitrogens with zero attached hydrogens (tertiary/aromatic N) is 2. The van der Waals surface area contributed by atoms with E-state index >= 15 is 10.4 Å². The van der Waals surface area contributed by atoms with Gasteiger partial charge in [-0.25, -0.2) is 0 Å². The van der Waals surface area contributed by atoms with Gasteiger partial charge in [0.2, 0.25) is 0 Å². The van der Waals surface area contributed by atoms with Crippen molar-refractivity contribution in [3.8, 4) is 0 Å². The smallest absolute Gasteiger partial charge is 0.283 e. The maximum Gasteiger partial charge on any atom is 0.283 e. The van der Waals surface area contributed by atoms with Crippen molar-refractivity contribution in [1.82, 2.24) is 0 Å². The maximum atomic E-state index is 15.4. The van der Waals surface area contributed by atoms with E-state index in [-0.39, 0.29) is 72.5 Å². The van der Waals surface area contributed by atoms with Crippen LogP contribution in [0.4, 0.5) is 11.4 Å². The van der Waals surface area contributed by atoms with Gasteiger partial charge in [-0.3, -0.25) is 9.59 Å². The molecule has 2 aromatic rings. The molecule has 0 spiro atoms. The Morgan fingerprint density at radius 1 is 0.544 bits per heavy atom. The molecule has 2 saturated heterocycles. The van der Waals surface area contributed by atoms with E-state index in [1.807, 2.05) is 0 Å². The summed E-state index contributed by atoms with van der Waals surface area (Å²) in [5.74, 6) is 1.67. The molecule has 57 heavy (non-hydrogen) atoms. The second kappa shape index (κ2) is 17.1. The van der Waals surface area contributed by atoms with E-state index in [9.17, 15) is 9.59 Å². The van der Waals surface area contributed by atoms with Gasteiger partial charge in [0.1, 0.15) is 0 Å². The van der Waals surface area contributed by atoms with Crippen LogP contribution in [0.5, 0.6) is 0 Å². The number of rotatable bonds is 14. The Bertz CT molecular complexity index is 1600. The fourth-order valence-corrected chi connectivity index (χ4v) is 11.6. The van der Waals surface area contributed by atoms with Crippen molar-refractivity contribution in [3.63, 3.8) is 0 Å². The number of nitrogens with one attached hydrogen (secondary N) is 2. The Hall–Kier alpha value is -2.78. The second-order valence-electron chi connectivity index (χ2n) is 20.6. The van der Waals surface area contributed by atoms with E-state index in [1.165, 1.54) is 11.1 Å². The van der Waals surface area contributed by atoms with Crippen LogP contribution in [0.1, 0.15) is 210 Å². The molecule has 2 amide bonds. The number of hydroxylamine groups is 6. The zero-order chi connectivity index (χ0) is 41.7. The van der Waals surface area contributed by atoms with Crippen LogP contribution in [-0.4, -0.2) is 58.4 Å². The molecule has 6 rings (SSSR count). The molecule has 2 aliphatic heterocycles. The lowest BCUT2D eigenvalue weighted by molar-refractivity contribution is -0.926. The highest BCUT2D eigenvalue weighted by Crippen LogP contribution is 2.50. The summed E-state index contributed by atoms with van der Waals surface area (Å²) in [6.45, 7) is 26.7. The molecular weight excluding hydrogens is 709 g/mol. The van der Waals surface area contributed by atoms with E-state index in [1.54, 1.807) is 0 Å². The predicted molar refractivity (Wildman–Crippen MR) is 235 cm³/mol. The van der Waals surface area contributed by atoms with Crippen molar-refractivity contribution < 1.29 is 18.9 Å². The van der Waals surface area contributed by atoms with Gasteiger partial charge in [0, 0.05) is 55.3 Å². The molecular formula is C49H76N4O4. The lowest BCUT2D eigenvalue weighted by atomic mass is 9.87. The molecule has 2 unspecified atom stereocenters. The van der Waals surface area contributed by atoms with E-state index in [0.29, 0.717) is 31.1 Å². The van der Waals surface area contributed by atoms with Gasteiger partial charge in [0.05, 0.1) is 25.2 Å². The first-order chi connectivity index (χ1) is 26.8. The number of carbonyl (C=O) groups is 2. The maximum absolute atomic E-state index is 15.4. The van der Waals surface area contributed by atoms with Crippen LogP contribution in [0.15, 0.2) is 24.3 Å². The Balaban J connectivity index is 1.25. The number of amides is 2. The van der Waals surface area contributed by atoms with Crippen LogP contribution in [0, 0.1) is 22.3 Å². The third kappa shape index (κ3) is 8.36. The number of benzene rings is 2. The average molecular weight is 785 g/mol. The summed E-state index contributed by atoms with van der Waals surface area (Å²) in [6, 6.07) is 7.31. The first-order valence-corrected chi connectivity index (χ1v) is 22.9. The molecule has 2 aliphatic carbocycles. The SMILES string of the molecule is CC(C)c1cc(C(C)C)c(NC(=O)[C@@H]2C[C@@H]3CCC[C@@H]3[N+]2([O-])CCC[N+]2([O-])[C@H](C(=O)Nc3c(C(C)C)cc(C(C)C)cc3C(C)C)C[C@@H]3CCC[C@@H]32)c(C(C)C)c1. The van der Waals surface area contributed by atoms with Gasteiger partial charge >= 0.3 is 0 Å². The normalized spacial score (nSPS) is 29.8. The van der Waals surface area contributed by atoms with Gasteiger partial charge in [-0.1, -0.05) is 107 Å². The first-order valence-electron chi connectivity index (χ1n) is 22.9. The van der Waals surface area contributed by atoms with E-state index in [4.69, 9.17) is 0 Å². The third-order valence-electron chi connectivity index (χ3n) is 14.8. The van der Waals surface area contributed by atoms with Crippen molar-refractivity contribution in [2.75, 3.05) is 23.7 Å². The van der Waals surface area contributed by atoms with Gasteiger partial charge in [0.15, 0.2) is 12.1 Å². The Labute approximate surface area is 345 Å². The number of carbonyl (C=O) groups excluding carboxylic acids is 2. The van der Waals surface area contributed by atoms with E-state index < -0.39 is 21.4 Å². The molecule has 2 saturated carbocycles. The number of likely N-dealkylation sites (tertiary alicyclic amines) is 2. The molecule has 8 atom stereocenters. The summed E-state index contributed by atoms with van der Waals surface area (Å²) >= 11 is 0. The fraction of sp³-hybridized carbons (Fsp3) is 0.714. The van der Waals surface area contributed by atoms with Crippen molar-refractivity contribution >= 4 is 23.2 Å². The highest BCUT2D eigenvalue weighted by atomic mass is 16.6. The highest BCUT2D eigenvalue weighted by Gasteiger charge is 2.57. The van der Waals surface area contributed by atoms with Crippen LogP contribution in [0.25, 0.3) is 0 Å². The monoisotopic (exact) mass is 785 g/mol. The molecule has 0 radical (unpaired) electrons. The summed E-state index contributed by atoms with van der Waals surface area (Å²) < 4.78 is -1.09. The molecule has 2 N–H and O–H groups in total. The number of quaternary nitrogens is 2. The molecule has 0 aromatic heterocycles. The zero-order valence-electron chi connectivity index (χ0n) is 37.5. The van der Waals surface area contributed by atoms with Gasteiger partial charge < -0.3 is 30.3 Å². The number of hydrogen-bond donors (Lipinski definition) is 2. The largest absolute Gasteiger partial charge is 0.632 e. The van der Waals surface area contributed by atoms with Crippen LogP contribution in [-0.2, 0) is 9.59 Å². The first kappa shape index (κ1) is 43.8. The number of hydrogen-bond acceptors (Lipinski definition) is 4. The van der Waals surface area contributed by atoms with Gasteiger partial charge in [-0.2, -0.15) is 0 Å². The number of anilines is 2. The minimum absolute atomic E-state index is 0.118.